The smallest absolute Gasteiger partial charge is 0.337 e. The van der Waals surface area contributed by atoms with Gasteiger partial charge in [-0.05, 0) is 36.2 Å². The summed E-state index contributed by atoms with van der Waals surface area (Å²) in [5.74, 6) is -1.20. The molecular formula is C13H12FNO2. The summed E-state index contributed by atoms with van der Waals surface area (Å²) in [6.07, 6.45) is 3.26. The summed E-state index contributed by atoms with van der Waals surface area (Å²) < 4.78 is 14.7. The Morgan fingerprint density at radius 2 is 2.18 bits per heavy atom. The Labute approximate surface area is 98.1 Å². The highest BCUT2D eigenvalue weighted by Crippen LogP contribution is 2.12. The van der Waals surface area contributed by atoms with E-state index in [9.17, 15) is 9.18 Å². The van der Waals surface area contributed by atoms with Crippen LogP contribution in [0.2, 0.25) is 0 Å². The van der Waals surface area contributed by atoms with Gasteiger partial charge in [0.2, 0.25) is 0 Å². The Morgan fingerprint density at radius 3 is 2.76 bits per heavy atom. The summed E-state index contributed by atoms with van der Waals surface area (Å²) in [7, 11) is 0. The minimum Gasteiger partial charge on any atom is -0.478 e. The van der Waals surface area contributed by atoms with E-state index < -0.39 is 5.97 Å². The van der Waals surface area contributed by atoms with Crippen molar-refractivity contribution in [2.45, 2.75) is 13.5 Å². The van der Waals surface area contributed by atoms with Crippen LogP contribution in [0, 0.1) is 12.7 Å². The minimum atomic E-state index is -0.945. The number of rotatable bonds is 3. The number of hydrogen-bond donors (Lipinski definition) is 1. The van der Waals surface area contributed by atoms with Crippen molar-refractivity contribution in [3.63, 3.8) is 0 Å². The van der Waals surface area contributed by atoms with Gasteiger partial charge in [-0.15, -0.1) is 0 Å². The van der Waals surface area contributed by atoms with E-state index in [1.807, 2.05) is 6.92 Å². The molecule has 2 rings (SSSR count). The first kappa shape index (κ1) is 11.4. The van der Waals surface area contributed by atoms with Crippen LogP contribution in [0.1, 0.15) is 21.5 Å². The zero-order chi connectivity index (χ0) is 12.4. The molecule has 0 atom stereocenters. The number of hydrogen-bond acceptors (Lipinski definition) is 1. The molecule has 1 aromatic carbocycles. The van der Waals surface area contributed by atoms with Crippen LogP contribution in [0.5, 0.6) is 0 Å². The molecule has 0 amide bonds. The van der Waals surface area contributed by atoms with Crippen molar-refractivity contribution in [3.8, 4) is 0 Å². The normalized spacial score (nSPS) is 10.5. The summed E-state index contributed by atoms with van der Waals surface area (Å²) in [4.78, 5) is 10.7. The van der Waals surface area contributed by atoms with E-state index >= 15 is 0 Å². The van der Waals surface area contributed by atoms with Gasteiger partial charge in [0.1, 0.15) is 5.82 Å². The van der Waals surface area contributed by atoms with Crippen molar-refractivity contribution in [2.75, 3.05) is 0 Å². The highest BCUT2D eigenvalue weighted by molar-refractivity contribution is 5.87. The van der Waals surface area contributed by atoms with Crippen LogP contribution in [0.15, 0.2) is 36.7 Å². The summed E-state index contributed by atoms with van der Waals surface area (Å²) in [6, 6.07) is 6.13. The van der Waals surface area contributed by atoms with Gasteiger partial charge in [0.25, 0.3) is 0 Å². The van der Waals surface area contributed by atoms with Crippen LogP contribution in [0.4, 0.5) is 4.39 Å². The lowest BCUT2D eigenvalue weighted by Crippen LogP contribution is -2.00. The third-order valence-corrected chi connectivity index (χ3v) is 2.65. The molecule has 1 N–H and O–H groups in total. The Bertz CT molecular complexity index is 560. The highest BCUT2D eigenvalue weighted by Gasteiger charge is 2.06. The largest absolute Gasteiger partial charge is 0.478 e. The van der Waals surface area contributed by atoms with E-state index in [1.54, 1.807) is 29.1 Å². The van der Waals surface area contributed by atoms with E-state index in [4.69, 9.17) is 5.11 Å². The van der Waals surface area contributed by atoms with Gasteiger partial charge in [-0.3, -0.25) is 0 Å². The van der Waals surface area contributed by atoms with Crippen molar-refractivity contribution in [3.05, 3.63) is 59.2 Å². The molecule has 0 spiro atoms. The zero-order valence-electron chi connectivity index (χ0n) is 9.35. The van der Waals surface area contributed by atoms with E-state index in [2.05, 4.69) is 0 Å². The van der Waals surface area contributed by atoms with Crippen LogP contribution < -0.4 is 0 Å². The molecule has 88 valence electrons. The second-order valence-corrected chi connectivity index (χ2v) is 3.95. The summed E-state index contributed by atoms with van der Waals surface area (Å²) >= 11 is 0. The SMILES string of the molecule is Cc1cc(F)ccc1Cn1ccc(C(=O)O)c1. The zero-order valence-corrected chi connectivity index (χ0v) is 9.35. The van der Waals surface area contributed by atoms with Crippen molar-refractivity contribution >= 4 is 5.97 Å². The van der Waals surface area contributed by atoms with Gasteiger partial charge >= 0.3 is 5.97 Å². The quantitative estimate of drug-likeness (QED) is 0.885. The van der Waals surface area contributed by atoms with E-state index in [0.29, 0.717) is 6.54 Å². The standard InChI is InChI=1S/C13H12FNO2/c1-9-6-12(14)3-2-10(9)7-15-5-4-11(8-15)13(16)17/h2-6,8H,7H2,1H3,(H,16,17). The average Bonchev–Trinajstić information content (AvgIpc) is 2.71. The fraction of sp³-hybridized carbons (Fsp3) is 0.154. The molecule has 3 nitrogen and oxygen atoms in total. The van der Waals surface area contributed by atoms with Gasteiger partial charge in [-0.25, -0.2) is 9.18 Å². The number of aromatic carboxylic acids is 1. The Hall–Kier alpha value is -2.10. The summed E-state index contributed by atoms with van der Waals surface area (Å²) in [5, 5.41) is 8.79. The number of nitrogens with zero attached hydrogens (tertiary/aromatic N) is 1. The molecule has 4 heteroatoms. The first-order valence-corrected chi connectivity index (χ1v) is 5.20. The minimum absolute atomic E-state index is 0.254. The van der Waals surface area contributed by atoms with Crippen molar-refractivity contribution in [1.29, 1.82) is 0 Å². The fourth-order valence-corrected chi connectivity index (χ4v) is 1.70. The van der Waals surface area contributed by atoms with E-state index in [1.165, 1.54) is 12.1 Å². The monoisotopic (exact) mass is 233 g/mol. The van der Waals surface area contributed by atoms with Crippen LogP contribution in [-0.2, 0) is 6.54 Å². The lowest BCUT2D eigenvalue weighted by Gasteiger charge is -2.06. The van der Waals surface area contributed by atoms with Crippen LogP contribution in [0.25, 0.3) is 0 Å². The lowest BCUT2D eigenvalue weighted by atomic mass is 10.1. The maximum atomic E-state index is 12.9. The molecule has 0 aliphatic carbocycles. The predicted molar refractivity (Wildman–Crippen MR) is 61.6 cm³/mol. The molecule has 0 bridgehead atoms. The number of halogens is 1. The summed E-state index contributed by atoms with van der Waals surface area (Å²) in [6.45, 7) is 2.37. The molecule has 0 saturated heterocycles. The molecule has 17 heavy (non-hydrogen) atoms. The summed E-state index contributed by atoms with van der Waals surface area (Å²) in [5.41, 5.74) is 2.08. The van der Waals surface area contributed by atoms with Gasteiger partial charge in [0, 0.05) is 18.9 Å². The van der Waals surface area contributed by atoms with Crippen molar-refractivity contribution < 1.29 is 14.3 Å². The molecule has 0 saturated carbocycles. The predicted octanol–water partition coefficient (Wildman–Crippen LogP) is 2.68. The number of carboxylic acid groups (broad SMARTS) is 1. The third kappa shape index (κ3) is 2.53. The lowest BCUT2D eigenvalue weighted by molar-refractivity contribution is 0.0697. The van der Waals surface area contributed by atoms with Crippen LogP contribution >= 0.6 is 0 Å². The number of aromatic nitrogens is 1. The van der Waals surface area contributed by atoms with Crippen LogP contribution in [0.3, 0.4) is 0 Å². The number of carbonyl (C=O) groups is 1. The molecule has 0 radical (unpaired) electrons. The van der Waals surface area contributed by atoms with Gasteiger partial charge in [-0.2, -0.15) is 0 Å². The maximum absolute atomic E-state index is 12.9. The number of benzene rings is 1. The molecule has 1 aromatic heterocycles. The van der Waals surface area contributed by atoms with Crippen molar-refractivity contribution in [1.82, 2.24) is 4.57 Å². The molecule has 0 fully saturated rings. The first-order valence-electron chi connectivity index (χ1n) is 5.20. The second-order valence-electron chi connectivity index (χ2n) is 3.95. The van der Waals surface area contributed by atoms with Gasteiger partial charge in [-0.1, -0.05) is 6.07 Å². The Morgan fingerprint density at radius 1 is 1.41 bits per heavy atom. The van der Waals surface area contributed by atoms with Gasteiger partial charge in [0.05, 0.1) is 5.56 Å². The molecule has 0 aliphatic heterocycles. The van der Waals surface area contributed by atoms with Crippen LogP contribution in [-0.4, -0.2) is 15.6 Å². The van der Waals surface area contributed by atoms with Gasteiger partial charge < -0.3 is 9.67 Å². The highest BCUT2D eigenvalue weighted by atomic mass is 19.1. The Kier molecular flexibility index (Phi) is 2.95. The van der Waals surface area contributed by atoms with E-state index in [0.717, 1.165) is 11.1 Å². The molecule has 0 unspecified atom stereocenters. The number of aryl methyl sites for hydroxylation is 1. The van der Waals surface area contributed by atoms with Gasteiger partial charge in [0.15, 0.2) is 0 Å². The molecule has 2 aromatic rings. The molecular weight excluding hydrogens is 221 g/mol. The fourth-order valence-electron chi connectivity index (χ4n) is 1.70. The Balaban J connectivity index is 2.22. The third-order valence-electron chi connectivity index (χ3n) is 2.65. The molecule has 1 heterocycles. The van der Waals surface area contributed by atoms with E-state index in [-0.39, 0.29) is 11.4 Å². The average molecular weight is 233 g/mol. The first-order chi connectivity index (χ1) is 8.06. The second kappa shape index (κ2) is 4.41. The molecule has 0 aliphatic rings. The maximum Gasteiger partial charge on any atom is 0.337 e. The van der Waals surface area contributed by atoms with Crippen molar-refractivity contribution in [2.24, 2.45) is 0 Å². The topological polar surface area (TPSA) is 42.2 Å². The number of carboxylic acids is 1.